The smallest absolute Gasteiger partial charge is 0.303 e. The van der Waals surface area contributed by atoms with E-state index >= 15 is 0 Å². The van der Waals surface area contributed by atoms with E-state index in [0.717, 1.165) is 5.69 Å². The van der Waals surface area contributed by atoms with E-state index in [9.17, 15) is 9.59 Å². The van der Waals surface area contributed by atoms with Crippen molar-refractivity contribution in [3.63, 3.8) is 0 Å². The predicted molar refractivity (Wildman–Crippen MR) is 61.8 cm³/mol. The van der Waals surface area contributed by atoms with Gasteiger partial charge in [0.05, 0.1) is 0 Å². The normalized spacial score (nSPS) is 9.81. The molecule has 4 nitrogen and oxygen atoms in total. The maximum atomic E-state index is 11.1. The van der Waals surface area contributed by atoms with Gasteiger partial charge in [0.15, 0.2) is 5.78 Å². The van der Waals surface area contributed by atoms with Crippen molar-refractivity contribution in [3.05, 3.63) is 29.8 Å². The number of hydrogen-bond acceptors (Lipinski definition) is 3. The van der Waals surface area contributed by atoms with E-state index in [1.165, 1.54) is 6.92 Å². The van der Waals surface area contributed by atoms with Crippen molar-refractivity contribution in [2.24, 2.45) is 0 Å². The second kappa shape index (κ2) is 5.90. The number of carbonyl (C=O) groups is 2. The van der Waals surface area contributed by atoms with Crippen molar-refractivity contribution in [1.29, 1.82) is 0 Å². The molecule has 0 unspecified atom stereocenters. The number of hydrogen-bond donors (Lipinski definition) is 2. The SMILES string of the molecule is CC(=O)c1cccc(NCCCC(=O)O)c1. The van der Waals surface area contributed by atoms with Crippen molar-refractivity contribution < 1.29 is 14.7 Å². The number of carbonyl (C=O) groups excluding carboxylic acids is 1. The highest BCUT2D eigenvalue weighted by molar-refractivity contribution is 5.94. The summed E-state index contributed by atoms with van der Waals surface area (Å²) >= 11 is 0. The van der Waals surface area contributed by atoms with Crippen LogP contribution < -0.4 is 5.32 Å². The molecule has 0 aliphatic heterocycles. The molecule has 0 aliphatic carbocycles. The third-order valence-electron chi connectivity index (χ3n) is 2.17. The largest absolute Gasteiger partial charge is 0.481 e. The van der Waals surface area contributed by atoms with Gasteiger partial charge in [-0.15, -0.1) is 0 Å². The van der Waals surface area contributed by atoms with Crippen molar-refractivity contribution in [3.8, 4) is 0 Å². The van der Waals surface area contributed by atoms with Gasteiger partial charge in [-0.1, -0.05) is 12.1 Å². The summed E-state index contributed by atoms with van der Waals surface area (Å²) in [6.45, 7) is 2.11. The van der Waals surface area contributed by atoms with E-state index in [4.69, 9.17) is 5.11 Å². The highest BCUT2D eigenvalue weighted by Gasteiger charge is 2.00. The number of benzene rings is 1. The lowest BCUT2D eigenvalue weighted by molar-refractivity contribution is -0.137. The Labute approximate surface area is 94.3 Å². The zero-order chi connectivity index (χ0) is 12.0. The fourth-order valence-corrected chi connectivity index (χ4v) is 1.32. The summed E-state index contributed by atoms with van der Waals surface area (Å²) in [5.41, 5.74) is 1.50. The van der Waals surface area contributed by atoms with Crippen LogP contribution in [0, 0.1) is 0 Å². The fraction of sp³-hybridized carbons (Fsp3) is 0.333. The topological polar surface area (TPSA) is 66.4 Å². The Kier molecular flexibility index (Phi) is 4.51. The molecule has 0 amide bonds. The molecule has 4 heteroatoms. The van der Waals surface area contributed by atoms with Gasteiger partial charge in [-0.05, 0) is 25.5 Å². The zero-order valence-corrected chi connectivity index (χ0v) is 9.19. The number of rotatable bonds is 6. The van der Waals surface area contributed by atoms with Gasteiger partial charge in [-0.3, -0.25) is 9.59 Å². The molecule has 1 aromatic carbocycles. The van der Waals surface area contributed by atoms with Crippen molar-refractivity contribution in [1.82, 2.24) is 0 Å². The summed E-state index contributed by atoms with van der Waals surface area (Å²) in [6, 6.07) is 7.18. The standard InChI is InChI=1S/C12H15NO3/c1-9(14)10-4-2-5-11(8-10)13-7-3-6-12(15)16/h2,4-5,8,13H,3,6-7H2,1H3,(H,15,16). The van der Waals surface area contributed by atoms with E-state index in [0.29, 0.717) is 18.5 Å². The van der Waals surface area contributed by atoms with Crippen LogP contribution in [-0.2, 0) is 4.79 Å². The Bertz CT molecular complexity index is 388. The van der Waals surface area contributed by atoms with Gasteiger partial charge >= 0.3 is 5.97 Å². The molecule has 0 aliphatic rings. The maximum Gasteiger partial charge on any atom is 0.303 e. The Morgan fingerprint density at radius 3 is 2.75 bits per heavy atom. The molecule has 1 aromatic rings. The van der Waals surface area contributed by atoms with Crippen LogP contribution in [0.5, 0.6) is 0 Å². The molecule has 0 fully saturated rings. The summed E-state index contributed by atoms with van der Waals surface area (Å²) in [5.74, 6) is -0.770. The summed E-state index contributed by atoms with van der Waals surface area (Å²) in [5, 5.41) is 11.5. The van der Waals surface area contributed by atoms with Crippen molar-refractivity contribution in [2.45, 2.75) is 19.8 Å². The lowest BCUT2D eigenvalue weighted by Gasteiger charge is -2.06. The molecule has 0 saturated heterocycles. The summed E-state index contributed by atoms with van der Waals surface area (Å²) in [6.07, 6.45) is 0.721. The minimum absolute atomic E-state index is 0.0224. The minimum atomic E-state index is -0.792. The molecule has 86 valence electrons. The fourth-order valence-electron chi connectivity index (χ4n) is 1.32. The van der Waals surface area contributed by atoms with Gasteiger partial charge in [0.2, 0.25) is 0 Å². The van der Waals surface area contributed by atoms with Crippen LogP contribution >= 0.6 is 0 Å². The first-order valence-electron chi connectivity index (χ1n) is 5.16. The van der Waals surface area contributed by atoms with E-state index < -0.39 is 5.97 Å². The average Bonchev–Trinajstić information content (AvgIpc) is 2.24. The molecule has 0 heterocycles. The van der Waals surface area contributed by atoms with Crippen LogP contribution in [0.25, 0.3) is 0 Å². The molecule has 1 rings (SSSR count). The molecule has 16 heavy (non-hydrogen) atoms. The Morgan fingerprint density at radius 2 is 2.12 bits per heavy atom. The van der Waals surface area contributed by atoms with Crippen LogP contribution in [0.3, 0.4) is 0 Å². The molecule has 2 N–H and O–H groups in total. The number of nitrogens with one attached hydrogen (secondary N) is 1. The van der Waals surface area contributed by atoms with Gasteiger partial charge in [-0.2, -0.15) is 0 Å². The van der Waals surface area contributed by atoms with E-state index in [-0.39, 0.29) is 12.2 Å². The number of carboxylic acids is 1. The first-order chi connectivity index (χ1) is 7.59. The molecule has 0 atom stereocenters. The average molecular weight is 221 g/mol. The van der Waals surface area contributed by atoms with Crippen LogP contribution in [0.15, 0.2) is 24.3 Å². The quantitative estimate of drug-likeness (QED) is 0.570. The number of carboxylic acid groups (broad SMARTS) is 1. The molecular formula is C12H15NO3. The van der Waals surface area contributed by atoms with Gasteiger partial charge < -0.3 is 10.4 Å². The van der Waals surface area contributed by atoms with Crippen LogP contribution in [0.1, 0.15) is 30.1 Å². The van der Waals surface area contributed by atoms with E-state index in [2.05, 4.69) is 5.32 Å². The number of aliphatic carboxylic acids is 1. The maximum absolute atomic E-state index is 11.1. The molecule has 0 saturated carbocycles. The second-order valence-electron chi connectivity index (χ2n) is 3.56. The van der Waals surface area contributed by atoms with Gasteiger partial charge in [0.1, 0.15) is 0 Å². The second-order valence-corrected chi connectivity index (χ2v) is 3.56. The molecular weight excluding hydrogens is 206 g/mol. The summed E-state index contributed by atoms with van der Waals surface area (Å²) in [4.78, 5) is 21.4. The lowest BCUT2D eigenvalue weighted by Crippen LogP contribution is -2.05. The third kappa shape index (κ3) is 4.13. The highest BCUT2D eigenvalue weighted by Crippen LogP contribution is 2.11. The monoisotopic (exact) mass is 221 g/mol. The number of Topliss-reactive ketones (excluding diaryl/α,β-unsaturated/α-hetero) is 1. The lowest BCUT2D eigenvalue weighted by atomic mass is 10.1. The first-order valence-corrected chi connectivity index (χ1v) is 5.16. The minimum Gasteiger partial charge on any atom is -0.481 e. The third-order valence-corrected chi connectivity index (χ3v) is 2.17. The van der Waals surface area contributed by atoms with Gasteiger partial charge in [-0.25, -0.2) is 0 Å². The van der Waals surface area contributed by atoms with Crippen molar-refractivity contribution >= 4 is 17.4 Å². The van der Waals surface area contributed by atoms with E-state index in [1.807, 2.05) is 6.07 Å². The Hall–Kier alpha value is -1.84. The van der Waals surface area contributed by atoms with Crippen LogP contribution in [0.2, 0.25) is 0 Å². The summed E-state index contributed by atoms with van der Waals surface area (Å²) in [7, 11) is 0. The first kappa shape index (κ1) is 12.2. The molecule has 0 spiro atoms. The Balaban J connectivity index is 2.45. The zero-order valence-electron chi connectivity index (χ0n) is 9.19. The summed E-state index contributed by atoms with van der Waals surface area (Å²) < 4.78 is 0. The highest BCUT2D eigenvalue weighted by atomic mass is 16.4. The van der Waals surface area contributed by atoms with Gasteiger partial charge in [0.25, 0.3) is 0 Å². The van der Waals surface area contributed by atoms with Crippen molar-refractivity contribution in [2.75, 3.05) is 11.9 Å². The predicted octanol–water partition coefficient (Wildman–Crippen LogP) is 2.17. The van der Waals surface area contributed by atoms with E-state index in [1.54, 1.807) is 18.2 Å². The molecule has 0 radical (unpaired) electrons. The van der Waals surface area contributed by atoms with Crippen LogP contribution in [-0.4, -0.2) is 23.4 Å². The molecule has 0 aromatic heterocycles. The number of anilines is 1. The van der Waals surface area contributed by atoms with Gasteiger partial charge in [0, 0.05) is 24.2 Å². The van der Waals surface area contributed by atoms with Crippen LogP contribution in [0.4, 0.5) is 5.69 Å². The Morgan fingerprint density at radius 1 is 1.38 bits per heavy atom. The number of ketones is 1. The molecule has 0 bridgehead atoms.